The summed E-state index contributed by atoms with van der Waals surface area (Å²) in [6.45, 7) is 2.42. The van der Waals surface area contributed by atoms with E-state index in [-0.39, 0.29) is 30.4 Å². The lowest BCUT2D eigenvalue weighted by molar-refractivity contribution is -0.136. The lowest BCUT2D eigenvalue weighted by Gasteiger charge is -2.43. The molecule has 2 aliphatic heterocycles. The average molecular weight is 585 g/mol. The molecule has 1 aliphatic carbocycles. The topological polar surface area (TPSA) is 145 Å². The van der Waals surface area contributed by atoms with Crippen LogP contribution < -0.4 is 11.1 Å². The number of aliphatic hydroxyl groups is 1. The van der Waals surface area contributed by atoms with Crippen molar-refractivity contribution in [3.05, 3.63) is 50.6 Å². The van der Waals surface area contributed by atoms with Gasteiger partial charge in [0.1, 0.15) is 5.54 Å². The standard InChI is InChI=1S/C28H33ClN6O4S/c1-34-8-6-20-22(14-34)40-26(32-20)25(38)33-23-12-15(27(39)35-9-5-18(36)13-35)4-7-28(23,30)24(37)21-11-16-10-17(29)2-3-19(16)31-21/h2-3,10-11,15,18,23,31,36H,4-9,12-14,30H2,1H3,(H,33,38)/t15?,18-,23?,28?/m1/s1. The molecule has 12 heteroatoms. The lowest BCUT2D eigenvalue weighted by atomic mass is 9.70. The molecule has 2 fully saturated rings. The van der Waals surface area contributed by atoms with Crippen LogP contribution in [0.1, 0.15) is 56.5 Å². The van der Waals surface area contributed by atoms with Crippen molar-refractivity contribution in [1.29, 1.82) is 0 Å². The predicted octanol–water partition coefficient (Wildman–Crippen LogP) is 2.34. The zero-order valence-corrected chi connectivity index (χ0v) is 23.9. The summed E-state index contributed by atoms with van der Waals surface area (Å²) in [5.74, 6) is -1.20. The second-order valence-corrected chi connectivity index (χ2v) is 12.9. The Morgan fingerprint density at radius 1 is 1.25 bits per heavy atom. The van der Waals surface area contributed by atoms with E-state index >= 15 is 0 Å². The Morgan fingerprint density at radius 2 is 2.08 bits per heavy atom. The van der Waals surface area contributed by atoms with E-state index < -0.39 is 23.6 Å². The van der Waals surface area contributed by atoms with Gasteiger partial charge in [0, 0.05) is 59.3 Å². The number of H-pyrrole nitrogens is 1. The monoisotopic (exact) mass is 584 g/mol. The van der Waals surface area contributed by atoms with Gasteiger partial charge in [-0.3, -0.25) is 14.4 Å². The lowest BCUT2D eigenvalue weighted by Crippen LogP contribution is -2.66. The van der Waals surface area contributed by atoms with Crippen LogP contribution in [0.4, 0.5) is 0 Å². The van der Waals surface area contributed by atoms with Crippen LogP contribution in [0.3, 0.4) is 0 Å². The van der Waals surface area contributed by atoms with Gasteiger partial charge < -0.3 is 30.9 Å². The van der Waals surface area contributed by atoms with E-state index in [1.54, 1.807) is 29.2 Å². The Morgan fingerprint density at radius 3 is 2.85 bits per heavy atom. The molecule has 0 bridgehead atoms. The van der Waals surface area contributed by atoms with E-state index in [0.717, 1.165) is 41.0 Å². The summed E-state index contributed by atoms with van der Waals surface area (Å²) in [6, 6.07) is 6.26. The van der Waals surface area contributed by atoms with Crippen molar-refractivity contribution in [2.45, 2.75) is 56.3 Å². The number of aliphatic hydroxyl groups excluding tert-OH is 1. The zero-order valence-electron chi connectivity index (χ0n) is 22.3. The molecule has 3 aromatic rings. The van der Waals surface area contributed by atoms with Crippen molar-refractivity contribution in [1.82, 2.24) is 25.1 Å². The fourth-order valence-corrected chi connectivity index (χ4v) is 7.47. The molecule has 1 saturated heterocycles. The van der Waals surface area contributed by atoms with Crippen LogP contribution in [0.2, 0.25) is 5.02 Å². The maximum Gasteiger partial charge on any atom is 0.280 e. The van der Waals surface area contributed by atoms with Crippen LogP contribution in [-0.2, 0) is 17.8 Å². The number of hydrogen-bond donors (Lipinski definition) is 4. The molecule has 3 unspecified atom stereocenters. The van der Waals surface area contributed by atoms with Gasteiger partial charge in [-0.2, -0.15) is 0 Å². The van der Waals surface area contributed by atoms with E-state index in [4.69, 9.17) is 17.3 Å². The molecule has 1 aromatic carbocycles. The Bertz CT molecular complexity index is 1490. The Kier molecular flexibility index (Phi) is 7.20. The van der Waals surface area contributed by atoms with Gasteiger partial charge in [-0.15, -0.1) is 11.3 Å². The van der Waals surface area contributed by atoms with Crippen LogP contribution in [0.25, 0.3) is 10.9 Å². The molecule has 6 rings (SSSR count). The Hall–Kier alpha value is -2.83. The zero-order chi connectivity index (χ0) is 28.2. The first-order valence-electron chi connectivity index (χ1n) is 13.7. The first kappa shape index (κ1) is 27.3. The number of thiazole rings is 1. The SMILES string of the molecule is CN1CCc2nc(C(=O)NC3CC(C(=O)N4CC[C@@H](O)C4)CCC3(N)C(=O)c3cc4cc(Cl)ccc4[nH]3)sc2C1. The molecule has 2 amide bonds. The van der Waals surface area contributed by atoms with Crippen molar-refractivity contribution >= 4 is 51.4 Å². The quantitative estimate of drug-likeness (QED) is 0.337. The second kappa shape index (κ2) is 10.5. The molecular weight excluding hydrogens is 552 g/mol. The molecule has 1 saturated carbocycles. The minimum atomic E-state index is -1.43. The van der Waals surface area contributed by atoms with Crippen molar-refractivity contribution < 1.29 is 19.5 Å². The summed E-state index contributed by atoms with van der Waals surface area (Å²) in [5.41, 5.74) is 7.50. The highest BCUT2D eigenvalue weighted by Crippen LogP contribution is 2.36. The Labute approximate surface area is 240 Å². The molecule has 40 heavy (non-hydrogen) atoms. The largest absolute Gasteiger partial charge is 0.391 e. The molecule has 10 nitrogen and oxygen atoms in total. The minimum Gasteiger partial charge on any atom is -0.391 e. The van der Waals surface area contributed by atoms with E-state index in [1.807, 2.05) is 7.05 Å². The molecular formula is C28H33ClN6O4S. The van der Waals surface area contributed by atoms with Crippen LogP contribution in [0, 0.1) is 5.92 Å². The van der Waals surface area contributed by atoms with E-state index in [1.165, 1.54) is 11.3 Å². The number of β-amino-alcohol motifs (C(OH)–C–C–N with tert-alkyl or cyclic N) is 1. The smallest absolute Gasteiger partial charge is 0.280 e. The minimum absolute atomic E-state index is 0.0710. The Balaban J connectivity index is 1.28. The molecule has 3 aliphatic rings. The number of Topliss-reactive ketones (excluding diaryl/α,β-unsaturated/α-hetero) is 1. The van der Waals surface area contributed by atoms with Crippen molar-refractivity contribution in [2.75, 3.05) is 26.7 Å². The van der Waals surface area contributed by atoms with Gasteiger partial charge in [-0.1, -0.05) is 11.6 Å². The number of benzene rings is 1. The first-order chi connectivity index (χ1) is 19.1. The molecule has 2 aromatic heterocycles. The fourth-order valence-electron chi connectivity index (χ4n) is 6.20. The number of nitrogens with two attached hydrogens (primary N) is 1. The number of likely N-dealkylation sites (tertiary alicyclic amines) is 1. The number of ketones is 1. The van der Waals surface area contributed by atoms with Gasteiger partial charge in [0.15, 0.2) is 5.01 Å². The van der Waals surface area contributed by atoms with Gasteiger partial charge in [0.05, 0.1) is 23.5 Å². The summed E-state index contributed by atoms with van der Waals surface area (Å²) in [4.78, 5) is 53.5. The van der Waals surface area contributed by atoms with Gasteiger partial charge in [0.25, 0.3) is 5.91 Å². The normalized spacial score (nSPS) is 27.1. The fraction of sp³-hybridized carbons (Fsp3) is 0.500. The number of halogens is 1. The van der Waals surface area contributed by atoms with E-state index in [2.05, 4.69) is 20.2 Å². The van der Waals surface area contributed by atoms with E-state index in [9.17, 15) is 19.5 Å². The molecule has 212 valence electrons. The third kappa shape index (κ3) is 5.05. The predicted molar refractivity (Wildman–Crippen MR) is 153 cm³/mol. The van der Waals surface area contributed by atoms with Gasteiger partial charge in [-0.05, 0) is 57.0 Å². The number of likely N-dealkylation sites (N-methyl/N-ethyl adjacent to an activating group) is 1. The van der Waals surface area contributed by atoms with Gasteiger partial charge in [0.2, 0.25) is 11.7 Å². The summed E-state index contributed by atoms with van der Waals surface area (Å²) < 4.78 is 0. The summed E-state index contributed by atoms with van der Waals surface area (Å²) in [7, 11) is 2.04. The number of aromatic amines is 1. The highest BCUT2D eigenvalue weighted by molar-refractivity contribution is 7.13. The average Bonchev–Trinajstić information content (AvgIpc) is 3.66. The molecule has 4 heterocycles. The number of carbonyl (C=O) groups is 3. The molecule has 4 atom stereocenters. The third-order valence-corrected chi connectivity index (χ3v) is 9.86. The molecule has 5 N–H and O–H groups in total. The molecule has 0 radical (unpaired) electrons. The number of hydrogen-bond acceptors (Lipinski definition) is 8. The number of carbonyl (C=O) groups excluding carboxylic acids is 3. The maximum absolute atomic E-state index is 14.0. The number of aromatic nitrogens is 2. The summed E-state index contributed by atoms with van der Waals surface area (Å²) in [5, 5.41) is 14.7. The number of rotatable bonds is 5. The van der Waals surface area contributed by atoms with Crippen LogP contribution in [0.5, 0.6) is 0 Å². The summed E-state index contributed by atoms with van der Waals surface area (Å²) >= 11 is 7.51. The summed E-state index contributed by atoms with van der Waals surface area (Å²) in [6.07, 6.45) is 1.65. The second-order valence-electron chi connectivity index (χ2n) is 11.4. The number of nitrogens with one attached hydrogen (secondary N) is 2. The van der Waals surface area contributed by atoms with Gasteiger partial charge >= 0.3 is 0 Å². The number of fused-ring (bicyclic) bond motifs is 2. The van der Waals surface area contributed by atoms with Gasteiger partial charge in [-0.25, -0.2) is 4.98 Å². The highest BCUT2D eigenvalue weighted by atomic mass is 35.5. The van der Waals surface area contributed by atoms with Crippen LogP contribution in [0.15, 0.2) is 24.3 Å². The van der Waals surface area contributed by atoms with Crippen LogP contribution >= 0.6 is 22.9 Å². The highest BCUT2D eigenvalue weighted by Gasteiger charge is 2.50. The van der Waals surface area contributed by atoms with Crippen molar-refractivity contribution in [2.24, 2.45) is 11.7 Å². The first-order valence-corrected chi connectivity index (χ1v) is 14.9. The number of amides is 2. The number of nitrogens with zero attached hydrogens (tertiary/aromatic N) is 3. The maximum atomic E-state index is 14.0. The molecule has 0 spiro atoms. The van der Waals surface area contributed by atoms with Crippen LogP contribution in [-0.4, -0.2) is 86.8 Å². The van der Waals surface area contributed by atoms with Crippen molar-refractivity contribution in [3.63, 3.8) is 0 Å². The van der Waals surface area contributed by atoms with E-state index in [0.29, 0.717) is 41.7 Å². The van der Waals surface area contributed by atoms with Crippen molar-refractivity contribution in [3.8, 4) is 0 Å². The third-order valence-electron chi connectivity index (χ3n) is 8.54.